The van der Waals surface area contributed by atoms with Gasteiger partial charge in [0.05, 0.1) is 0 Å². The van der Waals surface area contributed by atoms with Gasteiger partial charge in [-0.05, 0) is 36.5 Å². The number of hydrogen-bond donors (Lipinski definition) is 3. The molecule has 1 aromatic carbocycles. The summed E-state index contributed by atoms with van der Waals surface area (Å²) < 4.78 is 0. The minimum atomic E-state index is -0.224. The molecule has 6 heteroatoms. The Labute approximate surface area is 129 Å². The van der Waals surface area contributed by atoms with Gasteiger partial charge in [-0.3, -0.25) is 0 Å². The number of carbonyl (C=O) groups excluding carboxylic acids is 1. The van der Waals surface area contributed by atoms with Gasteiger partial charge in [0.1, 0.15) is 0 Å². The van der Waals surface area contributed by atoms with Crippen LogP contribution in [0.4, 0.5) is 4.79 Å². The maximum Gasteiger partial charge on any atom is 0.314 e. The summed E-state index contributed by atoms with van der Waals surface area (Å²) in [6, 6.07) is 5.12. The molecule has 0 bridgehead atoms. The molecule has 0 aliphatic rings. The van der Waals surface area contributed by atoms with Gasteiger partial charge in [0, 0.05) is 29.7 Å². The zero-order valence-electron chi connectivity index (χ0n) is 11.5. The van der Waals surface area contributed by atoms with E-state index in [1.807, 2.05) is 6.92 Å². The van der Waals surface area contributed by atoms with Gasteiger partial charge in [0.15, 0.2) is 0 Å². The van der Waals surface area contributed by atoms with E-state index < -0.39 is 0 Å². The summed E-state index contributed by atoms with van der Waals surface area (Å²) >= 11 is 12.1. The first-order valence-corrected chi connectivity index (χ1v) is 7.35. The van der Waals surface area contributed by atoms with Gasteiger partial charge in [-0.2, -0.15) is 0 Å². The molecule has 0 aliphatic heterocycles. The summed E-state index contributed by atoms with van der Waals surface area (Å²) in [5.74, 6) is 0.253. The molecular weight excluding hydrogens is 299 g/mol. The molecule has 20 heavy (non-hydrogen) atoms. The standard InChI is InChI=1S/C14H20Cl2N2O2/c1-10(6-8-19)9-18-14(20)17-7-5-11-12(15)3-2-4-13(11)16/h2-4,10,19H,5-9H2,1H3,(H2,17,18,20). The third kappa shape index (κ3) is 5.99. The first-order valence-electron chi connectivity index (χ1n) is 6.60. The molecule has 112 valence electrons. The number of hydrogen-bond acceptors (Lipinski definition) is 2. The summed E-state index contributed by atoms with van der Waals surface area (Å²) in [6.07, 6.45) is 1.26. The lowest BCUT2D eigenvalue weighted by Gasteiger charge is -2.12. The summed E-state index contributed by atoms with van der Waals surface area (Å²) in [7, 11) is 0. The van der Waals surface area contributed by atoms with Crippen molar-refractivity contribution in [1.82, 2.24) is 10.6 Å². The number of amides is 2. The highest BCUT2D eigenvalue weighted by atomic mass is 35.5. The zero-order chi connectivity index (χ0) is 15.0. The Morgan fingerprint density at radius 2 is 1.95 bits per heavy atom. The van der Waals surface area contributed by atoms with E-state index in [2.05, 4.69) is 10.6 Å². The number of aliphatic hydroxyl groups excluding tert-OH is 1. The average Bonchev–Trinajstić information content (AvgIpc) is 2.40. The van der Waals surface area contributed by atoms with E-state index in [0.29, 0.717) is 36.0 Å². The summed E-state index contributed by atoms with van der Waals surface area (Å²) in [6.45, 7) is 3.11. The molecule has 1 aromatic rings. The van der Waals surface area contributed by atoms with E-state index in [1.165, 1.54) is 0 Å². The van der Waals surface area contributed by atoms with Crippen molar-refractivity contribution in [1.29, 1.82) is 0 Å². The minimum Gasteiger partial charge on any atom is -0.396 e. The van der Waals surface area contributed by atoms with Crippen LogP contribution in [0.5, 0.6) is 0 Å². The fraction of sp³-hybridized carbons (Fsp3) is 0.500. The van der Waals surface area contributed by atoms with Crippen molar-refractivity contribution >= 4 is 29.2 Å². The second-order valence-corrected chi connectivity index (χ2v) is 5.52. The van der Waals surface area contributed by atoms with Crippen LogP contribution in [0.2, 0.25) is 10.0 Å². The largest absolute Gasteiger partial charge is 0.396 e. The third-order valence-electron chi connectivity index (χ3n) is 2.96. The van der Waals surface area contributed by atoms with E-state index in [0.717, 1.165) is 5.56 Å². The maximum absolute atomic E-state index is 11.6. The lowest BCUT2D eigenvalue weighted by molar-refractivity contribution is 0.234. The van der Waals surface area contributed by atoms with Crippen molar-refractivity contribution in [2.75, 3.05) is 19.7 Å². The lowest BCUT2D eigenvalue weighted by Crippen LogP contribution is -2.38. The van der Waals surface area contributed by atoms with Crippen LogP contribution >= 0.6 is 23.2 Å². The van der Waals surface area contributed by atoms with E-state index in [4.69, 9.17) is 28.3 Å². The number of rotatable bonds is 7. The Morgan fingerprint density at radius 3 is 2.55 bits per heavy atom. The van der Waals surface area contributed by atoms with Gasteiger partial charge >= 0.3 is 6.03 Å². The maximum atomic E-state index is 11.6. The number of benzene rings is 1. The summed E-state index contributed by atoms with van der Waals surface area (Å²) in [5, 5.41) is 15.5. The molecule has 0 aromatic heterocycles. The molecule has 0 fully saturated rings. The van der Waals surface area contributed by atoms with Crippen molar-refractivity contribution in [2.45, 2.75) is 19.8 Å². The Bertz CT molecular complexity index is 421. The summed E-state index contributed by atoms with van der Waals surface area (Å²) in [4.78, 5) is 11.6. The monoisotopic (exact) mass is 318 g/mol. The summed E-state index contributed by atoms with van der Waals surface area (Å²) in [5.41, 5.74) is 0.838. The molecule has 0 saturated heterocycles. The molecule has 0 heterocycles. The van der Waals surface area contributed by atoms with Gasteiger partial charge in [-0.1, -0.05) is 36.2 Å². The molecular formula is C14H20Cl2N2O2. The fourth-order valence-corrected chi connectivity index (χ4v) is 2.31. The van der Waals surface area contributed by atoms with Crippen molar-refractivity contribution in [3.8, 4) is 0 Å². The first kappa shape index (κ1) is 17.1. The van der Waals surface area contributed by atoms with Crippen LogP contribution in [0.15, 0.2) is 18.2 Å². The highest BCUT2D eigenvalue weighted by molar-refractivity contribution is 6.35. The van der Waals surface area contributed by atoms with Gasteiger partial charge in [-0.15, -0.1) is 0 Å². The molecule has 1 atom stereocenters. The number of halogens is 2. The molecule has 1 rings (SSSR count). The van der Waals surface area contributed by atoms with Gasteiger partial charge in [0.2, 0.25) is 0 Å². The Kier molecular flexibility index (Phi) is 7.73. The molecule has 3 N–H and O–H groups in total. The fourth-order valence-electron chi connectivity index (χ4n) is 1.72. The second kappa shape index (κ2) is 9.06. The smallest absolute Gasteiger partial charge is 0.314 e. The van der Waals surface area contributed by atoms with Gasteiger partial charge in [-0.25, -0.2) is 4.79 Å². The highest BCUT2D eigenvalue weighted by Crippen LogP contribution is 2.24. The van der Waals surface area contributed by atoms with Crippen molar-refractivity contribution in [3.63, 3.8) is 0 Å². The van der Waals surface area contributed by atoms with Crippen LogP contribution in [0.25, 0.3) is 0 Å². The SMILES string of the molecule is CC(CCO)CNC(=O)NCCc1c(Cl)cccc1Cl. The van der Waals surface area contributed by atoms with Crippen molar-refractivity contribution in [3.05, 3.63) is 33.8 Å². The topological polar surface area (TPSA) is 61.4 Å². The molecule has 0 saturated carbocycles. The van der Waals surface area contributed by atoms with Crippen LogP contribution in [-0.2, 0) is 6.42 Å². The van der Waals surface area contributed by atoms with Crippen LogP contribution in [0.1, 0.15) is 18.9 Å². The molecule has 4 nitrogen and oxygen atoms in total. The predicted molar refractivity (Wildman–Crippen MR) is 82.4 cm³/mol. The Hall–Kier alpha value is -0.970. The molecule has 2 amide bonds. The Morgan fingerprint density at radius 1 is 1.30 bits per heavy atom. The Balaban J connectivity index is 2.28. The predicted octanol–water partition coefficient (Wildman–Crippen LogP) is 2.85. The molecule has 1 unspecified atom stereocenters. The number of carbonyl (C=O) groups is 1. The quantitative estimate of drug-likeness (QED) is 0.724. The van der Waals surface area contributed by atoms with Crippen molar-refractivity contribution in [2.24, 2.45) is 5.92 Å². The number of nitrogens with one attached hydrogen (secondary N) is 2. The van der Waals surface area contributed by atoms with Crippen LogP contribution in [0, 0.1) is 5.92 Å². The third-order valence-corrected chi connectivity index (χ3v) is 3.66. The van der Waals surface area contributed by atoms with E-state index in [-0.39, 0.29) is 18.6 Å². The zero-order valence-corrected chi connectivity index (χ0v) is 13.0. The van der Waals surface area contributed by atoms with Gasteiger partial charge in [0.25, 0.3) is 0 Å². The van der Waals surface area contributed by atoms with E-state index >= 15 is 0 Å². The average molecular weight is 319 g/mol. The van der Waals surface area contributed by atoms with Crippen LogP contribution < -0.4 is 10.6 Å². The van der Waals surface area contributed by atoms with E-state index in [1.54, 1.807) is 18.2 Å². The van der Waals surface area contributed by atoms with Crippen LogP contribution in [0.3, 0.4) is 0 Å². The van der Waals surface area contributed by atoms with E-state index in [9.17, 15) is 4.79 Å². The molecule has 0 radical (unpaired) electrons. The molecule has 0 spiro atoms. The highest BCUT2D eigenvalue weighted by Gasteiger charge is 2.07. The lowest BCUT2D eigenvalue weighted by atomic mass is 10.1. The minimum absolute atomic E-state index is 0.134. The molecule has 0 aliphatic carbocycles. The van der Waals surface area contributed by atoms with Crippen molar-refractivity contribution < 1.29 is 9.90 Å². The number of aliphatic hydroxyl groups is 1. The second-order valence-electron chi connectivity index (χ2n) is 4.70. The van der Waals surface area contributed by atoms with Gasteiger partial charge < -0.3 is 15.7 Å². The first-order chi connectivity index (χ1) is 9.54. The van der Waals surface area contributed by atoms with Crippen LogP contribution in [-0.4, -0.2) is 30.8 Å². The number of urea groups is 1. The normalized spacial score (nSPS) is 12.0.